The molecule has 0 aliphatic rings. The predicted octanol–water partition coefficient (Wildman–Crippen LogP) is 2.54. The van der Waals surface area contributed by atoms with E-state index in [0.29, 0.717) is 12.2 Å². The molecule has 2 aromatic rings. The number of aryl methyl sites for hydroxylation is 1. The highest BCUT2D eigenvalue weighted by atomic mass is 16.1. The third kappa shape index (κ3) is 3.45. The molecule has 0 unspecified atom stereocenters. The van der Waals surface area contributed by atoms with Crippen molar-refractivity contribution in [1.82, 2.24) is 10.2 Å². The lowest BCUT2D eigenvalue weighted by atomic mass is 10.1. The normalized spacial score (nSPS) is 10.3. The summed E-state index contributed by atoms with van der Waals surface area (Å²) in [5, 5.41) is 9.76. The van der Waals surface area contributed by atoms with Crippen LogP contribution in [-0.4, -0.2) is 16.1 Å². The van der Waals surface area contributed by atoms with Crippen LogP contribution in [0.1, 0.15) is 24.6 Å². The summed E-state index contributed by atoms with van der Waals surface area (Å²) in [6, 6.07) is 11.5. The van der Waals surface area contributed by atoms with Crippen LogP contribution in [-0.2, 0) is 17.6 Å². The lowest BCUT2D eigenvalue weighted by molar-refractivity contribution is -0.115. The zero-order chi connectivity index (χ0) is 12.8. The van der Waals surface area contributed by atoms with E-state index in [1.165, 1.54) is 0 Å². The topological polar surface area (TPSA) is 57.8 Å². The predicted molar refractivity (Wildman–Crippen MR) is 71.4 cm³/mol. The number of hydrogen-bond acceptors (Lipinski definition) is 2. The fraction of sp³-hybridized carbons (Fsp3) is 0.286. The van der Waals surface area contributed by atoms with E-state index in [4.69, 9.17) is 0 Å². The molecule has 0 fully saturated rings. The molecule has 1 aromatic heterocycles. The van der Waals surface area contributed by atoms with Crippen molar-refractivity contribution in [2.24, 2.45) is 0 Å². The van der Waals surface area contributed by atoms with E-state index in [1.54, 1.807) is 0 Å². The van der Waals surface area contributed by atoms with Crippen LogP contribution in [0.2, 0.25) is 0 Å². The summed E-state index contributed by atoms with van der Waals surface area (Å²) < 4.78 is 0. The van der Waals surface area contributed by atoms with Crippen molar-refractivity contribution in [1.29, 1.82) is 0 Å². The van der Waals surface area contributed by atoms with Crippen LogP contribution in [0.25, 0.3) is 0 Å². The smallest absolute Gasteiger partial charge is 0.229 e. The Morgan fingerprint density at radius 1 is 1.33 bits per heavy atom. The fourth-order valence-electron chi connectivity index (χ4n) is 1.79. The number of carbonyl (C=O) groups is 1. The summed E-state index contributed by atoms with van der Waals surface area (Å²) in [6.07, 6.45) is 2.37. The van der Waals surface area contributed by atoms with Gasteiger partial charge in [-0.1, -0.05) is 43.7 Å². The summed E-state index contributed by atoms with van der Waals surface area (Å²) in [7, 11) is 0. The second-order valence-corrected chi connectivity index (χ2v) is 4.24. The van der Waals surface area contributed by atoms with Gasteiger partial charge in [0.15, 0.2) is 5.82 Å². The molecule has 4 nitrogen and oxygen atoms in total. The summed E-state index contributed by atoms with van der Waals surface area (Å²) in [6.45, 7) is 2.11. The fourth-order valence-corrected chi connectivity index (χ4v) is 1.79. The van der Waals surface area contributed by atoms with Crippen molar-refractivity contribution in [2.45, 2.75) is 26.2 Å². The number of rotatable bonds is 5. The van der Waals surface area contributed by atoms with Gasteiger partial charge in [0.25, 0.3) is 0 Å². The summed E-state index contributed by atoms with van der Waals surface area (Å²) >= 11 is 0. The Kier molecular flexibility index (Phi) is 4.12. The van der Waals surface area contributed by atoms with Gasteiger partial charge < -0.3 is 5.32 Å². The average molecular weight is 243 g/mol. The lowest BCUT2D eigenvalue weighted by Gasteiger charge is -2.01. The Morgan fingerprint density at radius 2 is 2.11 bits per heavy atom. The summed E-state index contributed by atoms with van der Waals surface area (Å²) in [4.78, 5) is 11.8. The first-order chi connectivity index (χ1) is 8.78. The number of nitrogens with zero attached hydrogens (tertiary/aromatic N) is 1. The number of amides is 1. The van der Waals surface area contributed by atoms with Gasteiger partial charge in [-0.05, 0) is 12.0 Å². The molecule has 2 N–H and O–H groups in total. The van der Waals surface area contributed by atoms with Gasteiger partial charge in [0.2, 0.25) is 5.91 Å². The molecule has 0 bridgehead atoms. The van der Waals surface area contributed by atoms with Crippen LogP contribution in [0.4, 0.5) is 5.82 Å². The van der Waals surface area contributed by atoms with Gasteiger partial charge >= 0.3 is 0 Å². The van der Waals surface area contributed by atoms with Crippen molar-refractivity contribution in [3.8, 4) is 0 Å². The van der Waals surface area contributed by atoms with Gasteiger partial charge in [0, 0.05) is 11.8 Å². The van der Waals surface area contributed by atoms with Crippen LogP contribution in [0.15, 0.2) is 36.4 Å². The van der Waals surface area contributed by atoms with Crippen LogP contribution in [0, 0.1) is 0 Å². The van der Waals surface area contributed by atoms with Crippen LogP contribution < -0.4 is 5.32 Å². The first-order valence-electron chi connectivity index (χ1n) is 6.16. The zero-order valence-electron chi connectivity index (χ0n) is 10.4. The highest BCUT2D eigenvalue weighted by molar-refractivity contribution is 5.91. The Balaban J connectivity index is 1.90. The van der Waals surface area contributed by atoms with Gasteiger partial charge in [-0.15, -0.1) is 0 Å². The van der Waals surface area contributed by atoms with E-state index in [1.807, 2.05) is 36.4 Å². The largest absolute Gasteiger partial charge is 0.309 e. The molecule has 0 saturated carbocycles. The number of aromatic nitrogens is 2. The zero-order valence-corrected chi connectivity index (χ0v) is 10.4. The quantitative estimate of drug-likeness (QED) is 0.847. The van der Waals surface area contributed by atoms with Gasteiger partial charge in [-0.3, -0.25) is 9.89 Å². The molecule has 2 rings (SSSR count). The minimum Gasteiger partial charge on any atom is -0.309 e. The highest BCUT2D eigenvalue weighted by Crippen LogP contribution is 2.08. The Hall–Kier alpha value is -2.10. The Morgan fingerprint density at radius 3 is 2.83 bits per heavy atom. The average Bonchev–Trinajstić information content (AvgIpc) is 2.78. The molecule has 1 heterocycles. The molecule has 0 saturated heterocycles. The molecule has 1 aromatic carbocycles. The molecule has 0 radical (unpaired) electrons. The van der Waals surface area contributed by atoms with Crippen LogP contribution in [0.5, 0.6) is 0 Å². The number of H-pyrrole nitrogens is 1. The number of benzene rings is 1. The van der Waals surface area contributed by atoms with Gasteiger partial charge in [-0.2, -0.15) is 5.10 Å². The number of nitrogens with one attached hydrogen (secondary N) is 2. The van der Waals surface area contributed by atoms with Gasteiger partial charge in [0.05, 0.1) is 6.42 Å². The second kappa shape index (κ2) is 6.00. The second-order valence-electron chi connectivity index (χ2n) is 4.24. The van der Waals surface area contributed by atoms with Crippen molar-refractivity contribution in [2.75, 3.05) is 5.32 Å². The van der Waals surface area contributed by atoms with Crippen LogP contribution >= 0.6 is 0 Å². The van der Waals surface area contributed by atoms with Crippen molar-refractivity contribution >= 4 is 11.7 Å². The molecule has 4 heteroatoms. The molecule has 18 heavy (non-hydrogen) atoms. The van der Waals surface area contributed by atoms with E-state index in [0.717, 1.165) is 24.1 Å². The number of carbonyl (C=O) groups excluding carboxylic acids is 1. The van der Waals surface area contributed by atoms with E-state index < -0.39 is 0 Å². The number of aromatic amines is 1. The SMILES string of the molecule is CCCc1cc(NC(=O)Cc2ccccc2)n[nH]1. The van der Waals surface area contributed by atoms with Crippen molar-refractivity contribution < 1.29 is 4.79 Å². The molecule has 0 atom stereocenters. The van der Waals surface area contributed by atoms with E-state index in [9.17, 15) is 4.79 Å². The first kappa shape index (κ1) is 12.4. The van der Waals surface area contributed by atoms with Crippen LogP contribution in [0.3, 0.4) is 0 Å². The molecular weight excluding hydrogens is 226 g/mol. The monoisotopic (exact) mass is 243 g/mol. The first-order valence-corrected chi connectivity index (χ1v) is 6.16. The van der Waals surface area contributed by atoms with Crippen molar-refractivity contribution in [3.05, 3.63) is 47.7 Å². The molecule has 94 valence electrons. The maximum Gasteiger partial charge on any atom is 0.229 e. The van der Waals surface area contributed by atoms with E-state index >= 15 is 0 Å². The van der Waals surface area contributed by atoms with Gasteiger partial charge in [-0.25, -0.2) is 0 Å². The minimum atomic E-state index is -0.0456. The Labute approximate surface area is 106 Å². The third-order valence-corrected chi connectivity index (χ3v) is 2.63. The number of hydrogen-bond donors (Lipinski definition) is 2. The van der Waals surface area contributed by atoms with E-state index in [-0.39, 0.29) is 5.91 Å². The minimum absolute atomic E-state index is 0.0456. The Bertz CT molecular complexity index is 505. The molecule has 0 aliphatic carbocycles. The highest BCUT2D eigenvalue weighted by Gasteiger charge is 2.06. The molecule has 0 spiro atoms. The summed E-state index contributed by atoms with van der Waals surface area (Å²) in [5.74, 6) is 0.551. The maximum atomic E-state index is 11.8. The van der Waals surface area contributed by atoms with Crippen molar-refractivity contribution in [3.63, 3.8) is 0 Å². The molecule has 1 amide bonds. The number of anilines is 1. The summed E-state index contributed by atoms with van der Waals surface area (Å²) in [5.41, 5.74) is 2.05. The molecule has 0 aliphatic heterocycles. The standard InChI is InChI=1S/C14H17N3O/c1-2-6-12-10-13(17-16-12)15-14(18)9-11-7-4-3-5-8-11/h3-5,7-8,10H,2,6,9H2,1H3,(H2,15,16,17,18). The van der Waals surface area contributed by atoms with Gasteiger partial charge in [0.1, 0.15) is 0 Å². The van der Waals surface area contributed by atoms with E-state index in [2.05, 4.69) is 22.4 Å². The third-order valence-electron chi connectivity index (χ3n) is 2.63. The maximum absolute atomic E-state index is 11.8. The molecular formula is C14H17N3O. The lowest BCUT2D eigenvalue weighted by Crippen LogP contribution is -2.14.